The van der Waals surface area contributed by atoms with Gasteiger partial charge >= 0.3 is 0 Å². The van der Waals surface area contributed by atoms with Crippen LogP contribution in [0.25, 0.3) is 0 Å². The van der Waals surface area contributed by atoms with Crippen molar-refractivity contribution in [2.24, 2.45) is 0 Å². The quantitative estimate of drug-likeness (QED) is 0.862. The number of anilines is 1. The normalized spacial score (nSPS) is 19.5. The van der Waals surface area contributed by atoms with Gasteiger partial charge in [0.2, 0.25) is 5.91 Å². The van der Waals surface area contributed by atoms with E-state index in [0.29, 0.717) is 13.2 Å². The number of benzene rings is 2. The van der Waals surface area contributed by atoms with E-state index in [1.165, 1.54) is 5.69 Å². The number of hydrogen-bond acceptors (Lipinski definition) is 5. The Bertz CT molecular complexity index is 801. The summed E-state index contributed by atoms with van der Waals surface area (Å²) in [6.45, 7) is 4.67. The fourth-order valence-electron chi connectivity index (χ4n) is 3.89. The SMILES string of the molecule is COc1ccc(N2CCN(CC(=O)NC3CCOc4ccccc43)CC2)cc1. The van der Waals surface area contributed by atoms with Crippen molar-refractivity contribution in [2.75, 3.05) is 51.3 Å². The standard InChI is InChI=1S/C22H27N3O3/c1-27-18-8-6-17(7-9-18)25-13-11-24(12-14-25)16-22(26)23-20-10-15-28-21-5-3-2-4-19(20)21/h2-9,20H,10-16H2,1H3,(H,23,26). The number of piperazine rings is 1. The molecule has 2 heterocycles. The van der Waals surface area contributed by atoms with Crippen LogP contribution in [0.4, 0.5) is 5.69 Å². The predicted octanol–water partition coefficient (Wildman–Crippen LogP) is 2.46. The Morgan fingerprint density at radius 2 is 1.86 bits per heavy atom. The van der Waals surface area contributed by atoms with E-state index in [9.17, 15) is 4.79 Å². The minimum atomic E-state index is 0.0399. The molecule has 0 saturated carbocycles. The van der Waals surface area contributed by atoms with Crippen LogP contribution in [0.2, 0.25) is 0 Å². The third kappa shape index (κ3) is 4.22. The topological polar surface area (TPSA) is 54.0 Å². The number of methoxy groups -OCH3 is 1. The van der Waals surface area contributed by atoms with E-state index in [2.05, 4.69) is 27.2 Å². The molecule has 0 spiro atoms. The van der Waals surface area contributed by atoms with Crippen LogP contribution < -0.4 is 19.7 Å². The molecule has 1 unspecified atom stereocenters. The van der Waals surface area contributed by atoms with Crippen molar-refractivity contribution in [1.82, 2.24) is 10.2 Å². The summed E-state index contributed by atoms with van der Waals surface area (Å²) in [5.74, 6) is 1.83. The van der Waals surface area contributed by atoms with Crippen molar-refractivity contribution < 1.29 is 14.3 Å². The Labute approximate surface area is 166 Å². The molecule has 1 amide bonds. The fourth-order valence-corrected chi connectivity index (χ4v) is 3.89. The summed E-state index contributed by atoms with van der Waals surface area (Å²) in [5, 5.41) is 3.19. The smallest absolute Gasteiger partial charge is 0.234 e. The number of rotatable bonds is 5. The summed E-state index contributed by atoms with van der Waals surface area (Å²) in [6.07, 6.45) is 0.813. The molecule has 0 bridgehead atoms. The van der Waals surface area contributed by atoms with E-state index in [0.717, 1.165) is 49.7 Å². The fraction of sp³-hybridized carbons (Fsp3) is 0.409. The highest BCUT2D eigenvalue weighted by Crippen LogP contribution is 2.31. The number of para-hydroxylation sites is 1. The highest BCUT2D eigenvalue weighted by atomic mass is 16.5. The maximum atomic E-state index is 12.6. The first-order valence-electron chi connectivity index (χ1n) is 9.85. The third-order valence-corrected chi connectivity index (χ3v) is 5.47. The van der Waals surface area contributed by atoms with Crippen molar-refractivity contribution >= 4 is 11.6 Å². The van der Waals surface area contributed by atoms with Crippen molar-refractivity contribution in [3.63, 3.8) is 0 Å². The first kappa shape index (κ1) is 18.6. The minimum Gasteiger partial charge on any atom is -0.497 e. The summed E-state index contributed by atoms with van der Waals surface area (Å²) < 4.78 is 10.9. The van der Waals surface area contributed by atoms with Gasteiger partial charge in [0.05, 0.1) is 26.3 Å². The molecule has 6 nitrogen and oxygen atoms in total. The zero-order valence-corrected chi connectivity index (χ0v) is 16.3. The van der Waals surface area contributed by atoms with Crippen LogP contribution in [-0.4, -0.2) is 57.2 Å². The number of hydrogen-bond donors (Lipinski definition) is 1. The predicted molar refractivity (Wildman–Crippen MR) is 109 cm³/mol. The molecule has 6 heteroatoms. The summed E-state index contributed by atoms with van der Waals surface area (Å²) in [7, 11) is 1.68. The number of nitrogens with one attached hydrogen (secondary N) is 1. The monoisotopic (exact) mass is 381 g/mol. The number of nitrogens with zero attached hydrogens (tertiary/aromatic N) is 2. The highest BCUT2D eigenvalue weighted by molar-refractivity contribution is 5.78. The molecule has 2 aliphatic heterocycles. The maximum Gasteiger partial charge on any atom is 0.234 e. The molecule has 1 saturated heterocycles. The Kier molecular flexibility index (Phi) is 5.67. The van der Waals surface area contributed by atoms with Gasteiger partial charge in [0, 0.05) is 43.9 Å². The van der Waals surface area contributed by atoms with Gasteiger partial charge < -0.3 is 19.7 Å². The number of fused-ring (bicyclic) bond motifs is 1. The van der Waals surface area contributed by atoms with Crippen LogP contribution >= 0.6 is 0 Å². The Balaban J connectivity index is 1.27. The lowest BCUT2D eigenvalue weighted by Gasteiger charge is -2.36. The van der Waals surface area contributed by atoms with Crippen LogP contribution in [0.1, 0.15) is 18.0 Å². The molecule has 148 valence electrons. The third-order valence-electron chi connectivity index (χ3n) is 5.47. The van der Waals surface area contributed by atoms with Gasteiger partial charge in [-0.2, -0.15) is 0 Å². The number of ether oxygens (including phenoxy) is 2. The molecule has 2 aliphatic rings. The van der Waals surface area contributed by atoms with E-state index in [-0.39, 0.29) is 11.9 Å². The molecule has 0 aromatic heterocycles. The van der Waals surface area contributed by atoms with Crippen LogP contribution in [0.15, 0.2) is 48.5 Å². The first-order valence-corrected chi connectivity index (χ1v) is 9.85. The van der Waals surface area contributed by atoms with Gasteiger partial charge in [-0.3, -0.25) is 9.69 Å². The van der Waals surface area contributed by atoms with Gasteiger partial charge in [0.25, 0.3) is 0 Å². The number of amides is 1. The molecular formula is C22H27N3O3. The Morgan fingerprint density at radius 1 is 1.11 bits per heavy atom. The van der Waals surface area contributed by atoms with E-state index >= 15 is 0 Å². The molecule has 0 radical (unpaired) electrons. The van der Waals surface area contributed by atoms with Gasteiger partial charge in [-0.15, -0.1) is 0 Å². The van der Waals surface area contributed by atoms with E-state index < -0.39 is 0 Å². The van der Waals surface area contributed by atoms with Crippen LogP contribution in [0.5, 0.6) is 11.5 Å². The summed E-state index contributed by atoms with van der Waals surface area (Å²) in [4.78, 5) is 17.2. The summed E-state index contributed by atoms with van der Waals surface area (Å²) in [6, 6.07) is 16.1. The molecule has 4 rings (SSSR count). The maximum absolute atomic E-state index is 12.6. The average molecular weight is 381 g/mol. The Hall–Kier alpha value is -2.73. The van der Waals surface area contributed by atoms with Crippen LogP contribution in [0, 0.1) is 0 Å². The second-order valence-electron chi connectivity index (χ2n) is 7.26. The average Bonchev–Trinajstić information content (AvgIpc) is 2.75. The van der Waals surface area contributed by atoms with Crippen molar-refractivity contribution in [2.45, 2.75) is 12.5 Å². The lowest BCUT2D eigenvalue weighted by molar-refractivity contribution is -0.123. The minimum absolute atomic E-state index is 0.0399. The zero-order valence-electron chi connectivity index (χ0n) is 16.3. The molecule has 0 aliphatic carbocycles. The van der Waals surface area contributed by atoms with Crippen molar-refractivity contribution in [1.29, 1.82) is 0 Å². The summed E-state index contributed by atoms with van der Waals surface area (Å²) >= 11 is 0. The van der Waals surface area contributed by atoms with Gasteiger partial charge in [-0.1, -0.05) is 18.2 Å². The van der Waals surface area contributed by atoms with Crippen LogP contribution in [0.3, 0.4) is 0 Å². The second-order valence-corrected chi connectivity index (χ2v) is 7.26. The van der Waals surface area contributed by atoms with E-state index in [4.69, 9.17) is 9.47 Å². The van der Waals surface area contributed by atoms with E-state index in [1.54, 1.807) is 7.11 Å². The number of carbonyl (C=O) groups excluding carboxylic acids is 1. The van der Waals surface area contributed by atoms with Gasteiger partial charge in [0.1, 0.15) is 11.5 Å². The highest BCUT2D eigenvalue weighted by Gasteiger charge is 2.24. The lowest BCUT2D eigenvalue weighted by Crippen LogP contribution is -2.50. The molecular weight excluding hydrogens is 354 g/mol. The van der Waals surface area contributed by atoms with Gasteiger partial charge in [0.15, 0.2) is 0 Å². The molecule has 1 fully saturated rings. The Morgan fingerprint density at radius 3 is 2.61 bits per heavy atom. The molecule has 1 atom stereocenters. The summed E-state index contributed by atoms with van der Waals surface area (Å²) in [5.41, 5.74) is 2.27. The van der Waals surface area contributed by atoms with Gasteiger partial charge in [-0.25, -0.2) is 0 Å². The second kappa shape index (κ2) is 8.52. The van der Waals surface area contributed by atoms with Crippen molar-refractivity contribution in [3.8, 4) is 11.5 Å². The molecule has 28 heavy (non-hydrogen) atoms. The lowest BCUT2D eigenvalue weighted by atomic mass is 10.0. The molecule has 2 aromatic rings. The largest absolute Gasteiger partial charge is 0.497 e. The molecule has 1 N–H and O–H groups in total. The van der Waals surface area contributed by atoms with Crippen molar-refractivity contribution in [3.05, 3.63) is 54.1 Å². The van der Waals surface area contributed by atoms with Gasteiger partial charge in [-0.05, 0) is 30.3 Å². The molecule has 2 aromatic carbocycles. The first-order chi connectivity index (χ1) is 13.7. The zero-order chi connectivity index (χ0) is 19.3. The van der Waals surface area contributed by atoms with Crippen LogP contribution in [-0.2, 0) is 4.79 Å². The van der Waals surface area contributed by atoms with E-state index in [1.807, 2.05) is 36.4 Å². The number of carbonyl (C=O) groups is 1.